The molecule has 0 saturated heterocycles. The van der Waals surface area contributed by atoms with Crippen LogP contribution < -0.4 is 5.56 Å². The fourth-order valence-electron chi connectivity index (χ4n) is 1.89. The third-order valence-corrected chi connectivity index (χ3v) is 2.90. The zero-order valence-electron chi connectivity index (χ0n) is 13.1. The monoisotopic (exact) mass is 266 g/mol. The lowest BCUT2D eigenvalue weighted by molar-refractivity contribution is -0.0195. The molecule has 0 amide bonds. The van der Waals surface area contributed by atoms with Crippen molar-refractivity contribution in [3.8, 4) is 0 Å². The minimum atomic E-state index is -0.215. The van der Waals surface area contributed by atoms with Crippen LogP contribution in [-0.2, 0) is 10.2 Å². The van der Waals surface area contributed by atoms with Gasteiger partial charge >= 0.3 is 0 Å². The normalized spacial score (nSPS) is 14.5. The Balaban J connectivity index is 3.32. The highest BCUT2D eigenvalue weighted by molar-refractivity contribution is 5.14. The van der Waals surface area contributed by atoms with Gasteiger partial charge in [-0.1, -0.05) is 41.5 Å². The van der Waals surface area contributed by atoms with Gasteiger partial charge < -0.3 is 9.72 Å². The maximum atomic E-state index is 11.8. The maximum absolute atomic E-state index is 11.8. The lowest BCUT2D eigenvalue weighted by Gasteiger charge is -2.30. The van der Waals surface area contributed by atoms with Crippen molar-refractivity contribution in [1.29, 1.82) is 0 Å². The van der Waals surface area contributed by atoms with E-state index in [1.807, 2.05) is 27.7 Å². The molecule has 1 unspecified atom stereocenters. The summed E-state index contributed by atoms with van der Waals surface area (Å²) in [5, 5.41) is 0. The Morgan fingerprint density at radius 1 is 1.26 bits per heavy atom. The first-order valence-electron chi connectivity index (χ1n) is 6.79. The first-order valence-corrected chi connectivity index (χ1v) is 6.79. The Kier molecular flexibility index (Phi) is 4.56. The third kappa shape index (κ3) is 4.16. The Morgan fingerprint density at radius 2 is 1.84 bits per heavy atom. The number of H-pyrrole nitrogens is 1. The summed E-state index contributed by atoms with van der Waals surface area (Å²) in [6.45, 7) is 14.9. The fraction of sp³-hybridized carbons (Fsp3) is 0.733. The molecule has 108 valence electrons. The van der Waals surface area contributed by atoms with E-state index in [1.165, 1.54) is 0 Å². The molecular formula is C15H26N2O2. The molecule has 1 heterocycles. The van der Waals surface area contributed by atoms with Crippen LogP contribution in [0, 0.1) is 5.41 Å². The molecule has 0 radical (unpaired) electrons. The van der Waals surface area contributed by atoms with E-state index in [0.717, 1.165) is 5.69 Å². The second-order valence-corrected chi connectivity index (χ2v) is 6.97. The van der Waals surface area contributed by atoms with Crippen LogP contribution in [0.1, 0.15) is 66.1 Å². The number of nitrogens with one attached hydrogen (secondary N) is 1. The first kappa shape index (κ1) is 15.9. The average Bonchev–Trinajstić information content (AvgIpc) is 2.22. The van der Waals surface area contributed by atoms with Gasteiger partial charge in [-0.2, -0.15) is 0 Å². The standard InChI is InChI=1S/C15H26N2O2/c1-8-19-12(15(5,6)7)13-16-10(14(2,3)4)9-11(18)17-13/h9,12H,8H2,1-7H3,(H,16,17,18). The molecule has 4 heteroatoms. The highest BCUT2D eigenvalue weighted by atomic mass is 16.5. The Morgan fingerprint density at radius 3 is 2.26 bits per heavy atom. The molecule has 0 saturated carbocycles. The van der Waals surface area contributed by atoms with Gasteiger partial charge in [0.05, 0.1) is 5.69 Å². The molecule has 1 atom stereocenters. The quantitative estimate of drug-likeness (QED) is 0.914. The highest BCUT2D eigenvalue weighted by Gasteiger charge is 2.30. The number of ether oxygens (including phenoxy) is 1. The van der Waals surface area contributed by atoms with Crippen molar-refractivity contribution in [2.75, 3.05) is 6.61 Å². The minimum absolute atomic E-state index is 0.121. The van der Waals surface area contributed by atoms with Crippen molar-refractivity contribution >= 4 is 0 Å². The van der Waals surface area contributed by atoms with Crippen LogP contribution in [0.5, 0.6) is 0 Å². The van der Waals surface area contributed by atoms with Crippen LogP contribution in [0.15, 0.2) is 10.9 Å². The summed E-state index contributed by atoms with van der Waals surface area (Å²) in [6, 6.07) is 1.56. The second-order valence-electron chi connectivity index (χ2n) is 6.97. The Bertz CT molecular complexity index is 478. The molecule has 0 bridgehead atoms. The van der Waals surface area contributed by atoms with Crippen molar-refractivity contribution in [3.63, 3.8) is 0 Å². The number of hydrogen-bond acceptors (Lipinski definition) is 3. The third-order valence-electron chi connectivity index (χ3n) is 2.90. The molecule has 0 aliphatic rings. The minimum Gasteiger partial charge on any atom is -0.370 e. The Labute approximate surface area is 115 Å². The Hall–Kier alpha value is -1.16. The number of nitrogens with zero attached hydrogens (tertiary/aromatic N) is 1. The molecule has 1 N–H and O–H groups in total. The van der Waals surface area contributed by atoms with Crippen LogP contribution in [0.3, 0.4) is 0 Å². The van der Waals surface area contributed by atoms with Crippen LogP contribution in [0.2, 0.25) is 0 Å². The number of rotatable bonds is 3. The lowest BCUT2D eigenvalue weighted by atomic mass is 9.87. The molecule has 1 aromatic rings. The van der Waals surface area contributed by atoms with Gasteiger partial charge in [-0.3, -0.25) is 4.79 Å². The summed E-state index contributed by atoms with van der Waals surface area (Å²) < 4.78 is 5.78. The van der Waals surface area contributed by atoms with E-state index in [1.54, 1.807) is 6.07 Å². The molecule has 0 aromatic carbocycles. The summed E-state index contributed by atoms with van der Waals surface area (Å²) in [7, 11) is 0. The lowest BCUT2D eigenvalue weighted by Crippen LogP contribution is -2.28. The van der Waals surface area contributed by atoms with Gasteiger partial charge in [0, 0.05) is 18.1 Å². The van der Waals surface area contributed by atoms with Crippen LogP contribution >= 0.6 is 0 Å². The zero-order chi connectivity index (χ0) is 14.8. The molecule has 1 rings (SSSR count). The van der Waals surface area contributed by atoms with Crippen molar-refractivity contribution in [3.05, 3.63) is 27.9 Å². The summed E-state index contributed by atoms with van der Waals surface area (Å²) in [4.78, 5) is 19.3. The SMILES string of the molecule is CCOC(c1nc(C(C)(C)C)cc(=O)[nH]1)C(C)(C)C. The summed E-state index contributed by atoms with van der Waals surface area (Å²) in [5.41, 5.74) is 0.393. The molecule has 4 nitrogen and oxygen atoms in total. The second kappa shape index (κ2) is 5.45. The van der Waals surface area contributed by atoms with Crippen molar-refractivity contribution in [2.45, 2.75) is 60.0 Å². The van der Waals surface area contributed by atoms with Gasteiger partial charge in [-0.15, -0.1) is 0 Å². The average molecular weight is 266 g/mol. The molecule has 0 fully saturated rings. The molecule has 0 spiro atoms. The van der Waals surface area contributed by atoms with E-state index < -0.39 is 0 Å². The van der Waals surface area contributed by atoms with Crippen LogP contribution in [0.4, 0.5) is 0 Å². The zero-order valence-corrected chi connectivity index (χ0v) is 13.1. The van der Waals surface area contributed by atoms with E-state index in [9.17, 15) is 4.79 Å². The van der Waals surface area contributed by atoms with Gasteiger partial charge in [0.15, 0.2) is 0 Å². The largest absolute Gasteiger partial charge is 0.370 e. The summed E-state index contributed by atoms with van der Waals surface area (Å²) in [6.07, 6.45) is -0.215. The molecule has 0 aliphatic heterocycles. The van der Waals surface area contributed by atoms with E-state index in [4.69, 9.17) is 4.74 Å². The highest BCUT2D eigenvalue weighted by Crippen LogP contribution is 2.34. The van der Waals surface area contributed by atoms with Gasteiger partial charge in [-0.05, 0) is 12.3 Å². The molecular weight excluding hydrogens is 240 g/mol. The van der Waals surface area contributed by atoms with Crippen molar-refractivity contribution in [1.82, 2.24) is 9.97 Å². The summed E-state index contributed by atoms with van der Waals surface area (Å²) in [5.74, 6) is 0.617. The smallest absolute Gasteiger partial charge is 0.251 e. The van der Waals surface area contributed by atoms with E-state index in [0.29, 0.717) is 12.4 Å². The van der Waals surface area contributed by atoms with Crippen molar-refractivity contribution in [2.24, 2.45) is 5.41 Å². The number of hydrogen-bond donors (Lipinski definition) is 1. The van der Waals surface area contributed by atoms with Crippen LogP contribution in [-0.4, -0.2) is 16.6 Å². The van der Waals surface area contributed by atoms with E-state index in [2.05, 4.69) is 30.7 Å². The fourth-order valence-corrected chi connectivity index (χ4v) is 1.89. The van der Waals surface area contributed by atoms with Gasteiger partial charge in [0.1, 0.15) is 11.9 Å². The van der Waals surface area contributed by atoms with Gasteiger partial charge in [0.25, 0.3) is 5.56 Å². The summed E-state index contributed by atoms with van der Waals surface area (Å²) >= 11 is 0. The molecule has 0 aliphatic carbocycles. The van der Waals surface area contributed by atoms with Crippen LogP contribution in [0.25, 0.3) is 0 Å². The van der Waals surface area contributed by atoms with Gasteiger partial charge in [0.2, 0.25) is 0 Å². The molecule has 19 heavy (non-hydrogen) atoms. The van der Waals surface area contributed by atoms with Crippen molar-refractivity contribution < 1.29 is 4.74 Å². The predicted octanol–water partition coefficient (Wildman–Crippen LogP) is 3.19. The topological polar surface area (TPSA) is 55.0 Å². The number of aromatic nitrogens is 2. The van der Waals surface area contributed by atoms with E-state index >= 15 is 0 Å². The van der Waals surface area contributed by atoms with Gasteiger partial charge in [-0.25, -0.2) is 4.98 Å². The number of aromatic amines is 1. The first-order chi connectivity index (χ1) is 8.55. The maximum Gasteiger partial charge on any atom is 0.251 e. The predicted molar refractivity (Wildman–Crippen MR) is 77.4 cm³/mol. The molecule has 1 aromatic heterocycles. The van der Waals surface area contributed by atoms with E-state index in [-0.39, 0.29) is 22.5 Å².